The molecule has 1 aliphatic heterocycles. The molecule has 3 rings (SSSR count). The first-order valence-corrected chi connectivity index (χ1v) is 10.6. The number of sulfonamides is 1. The average Bonchev–Trinajstić information content (AvgIpc) is 2.70. The Morgan fingerprint density at radius 3 is 2.18 bits per heavy atom. The largest absolute Gasteiger partial charge is 0.481 e. The maximum Gasteiger partial charge on any atom is 0.303 e. The van der Waals surface area contributed by atoms with Gasteiger partial charge in [0.2, 0.25) is 10.0 Å². The summed E-state index contributed by atoms with van der Waals surface area (Å²) in [6.45, 7) is 1.60. The number of carboxylic acid groups (broad SMARTS) is 1. The van der Waals surface area contributed by atoms with Gasteiger partial charge in [-0.3, -0.25) is 9.69 Å². The van der Waals surface area contributed by atoms with Crippen LogP contribution in [0.1, 0.15) is 24.4 Å². The van der Waals surface area contributed by atoms with Crippen molar-refractivity contribution in [3.8, 4) is 0 Å². The van der Waals surface area contributed by atoms with E-state index in [0.29, 0.717) is 32.6 Å². The Hall–Kier alpha value is -2.29. The molecule has 1 atom stereocenters. The fraction of sp³-hybridized carbons (Fsp3) is 0.350. The van der Waals surface area contributed by atoms with Gasteiger partial charge < -0.3 is 5.11 Å². The minimum absolute atomic E-state index is 0.00935. The third kappa shape index (κ3) is 4.76. The lowest BCUT2D eigenvalue weighted by molar-refractivity contribution is -0.137. The Kier molecular flexibility index (Phi) is 6.43. The normalized spacial score (nSPS) is 17.3. The summed E-state index contributed by atoms with van der Waals surface area (Å²) in [5.41, 5.74) is 0.835. The van der Waals surface area contributed by atoms with Crippen molar-refractivity contribution in [1.29, 1.82) is 0 Å². The van der Waals surface area contributed by atoms with E-state index in [1.165, 1.54) is 16.4 Å². The Bertz CT molecular complexity index is 896. The van der Waals surface area contributed by atoms with Crippen LogP contribution in [0.5, 0.6) is 0 Å². The number of rotatable bonds is 7. The Balaban J connectivity index is 1.72. The van der Waals surface area contributed by atoms with Crippen molar-refractivity contribution in [2.75, 3.05) is 26.2 Å². The second kappa shape index (κ2) is 8.81. The molecule has 0 aromatic heterocycles. The monoisotopic (exact) mass is 406 g/mol. The molecule has 6 nitrogen and oxygen atoms in total. The standard InChI is InChI=1S/C20H23FN2O4S/c21-17-8-6-16(7-9-17)19(10-11-20(24)25)22-12-14-23(15-13-22)28(26,27)18-4-2-1-3-5-18/h1-9,19H,10-15H2,(H,24,25)/t19-/m0/s1. The fourth-order valence-electron chi connectivity index (χ4n) is 3.50. The topological polar surface area (TPSA) is 77.9 Å². The van der Waals surface area contributed by atoms with E-state index >= 15 is 0 Å². The number of hydrogen-bond acceptors (Lipinski definition) is 4. The van der Waals surface area contributed by atoms with Crippen LogP contribution in [0.3, 0.4) is 0 Å². The molecule has 0 aliphatic carbocycles. The molecule has 150 valence electrons. The zero-order valence-electron chi connectivity index (χ0n) is 15.4. The number of nitrogens with zero attached hydrogens (tertiary/aromatic N) is 2. The second-order valence-electron chi connectivity index (χ2n) is 6.75. The number of carbonyl (C=O) groups is 1. The van der Waals surface area contributed by atoms with E-state index in [1.807, 2.05) is 0 Å². The summed E-state index contributed by atoms with van der Waals surface area (Å²) in [6.07, 6.45) is 0.372. The molecule has 8 heteroatoms. The summed E-state index contributed by atoms with van der Waals surface area (Å²) in [5, 5.41) is 9.06. The molecule has 1 saturated heterocycles. The molecular formula is C20H23FN2O4S. The van der Waals surface area contributed by atoms with Crippen molar-refractivity contribution >= 4 is 16.0 Å². The van der Waals surface area contributed by atoms with Crippen LogP contribution in [-0.2, 0) is 14.8 Å². The van der Waals surface area contributed by atoms with Gasteiger partial charge in [0.15, 0.2) is 0 Å². The molecule has 0 saturated carbocycles. The molecule has 28 heavy (non-hydrogen) atoms. The summed E-state index contributed by atoms with van der Waals surface area (Å²) in [4.78, 5) is 13.4. The quantitative estimate of drug-likeness (QED) is 0.765. The van der Waals surface area contributed by atoms with E-state index in [4.69, 9.17) is 5.11 Å². The smallest absolute Gasteiger partial charge is 0.303 e. The molecule has 0 unspecified atom stereocenters. The lowest BCUT2D eigenvalue weighted by atomic mass is 9.99. The van der Waals surface area contributed by atoms with Crippen LogP contribution in [0.25, 0.3) is 0 Å². The van der Waals surface area contributed by atoms with Crippen molar-refractivity contribution in [3.05, 3.63) is 66.0 Å². The van der Waals surface area contributed by atoms with Gasteiger partial charge in [-0.05, 0) is 36.2 Å². The van der Waals surface area contributed by atoms with Gasteiger partial charge in [0.1, 0.15) is 5.82 Å². The molecule has 2 aromatic carbocycles. The van der Waals surface area contributed by atoms with E-state index in [-0.39, 0.29) is 23.2 Å². The van der Waals surface area contributed by atoms with Crippen LogP contribution in [0.15, 0.2) is 59.5 Å². The van der Waals surface area contributed by atoms with Gasteiger partial charge in [-0.25, -0.2) is 12.8 Å². The van der Waals surface area contributed by atoms with Gasteiger partial charge in [0.25, 0.3) is 0 Å². The second-order valence-corrected chi connectivity index (χ2v) is 8.69. The van der Waals surface area contributed by atoms with Crippen LogP contribution in [0, 0.1) is 5.82 Å². The van der Waals surface area contributed by atoms with Crippen LogP contribution < -0.4 is 0 Å². The third-order valence-electron chi connectivity index (χ3n) is 4.98. The Labute approximate surface area is 164 Å². The number of aliphatic carboxylic acids is 1. The van der Waals surface area contributed by atoms with Gasteiger partial charge in [-0.2, -0.15) is 4.31 Å². The first-order chi connectivity index (χ1) is 13.4. The van der Waals surface area contributed by atoms with Gasteiger partial charge >= 0.3 is 5.97 Å². The van der Waals surface area contributed by atoms with Gasteiger partial charge in [-0.1, -0.05) is 30.3 Å². The lowest BCUT2D eigenvalue weighted by Crippen LogP contribution is -2.49. The predicted molar refractivity (Wildman–Crippen MR) is 103 cm³/mol. The molecule has 0 spiro atoms. The van der Waals surface area contributed by atoms with Crippen molar-refractivity contribution in [1.82, 2.24) is 9.21 Å². The molecule has 2 aromatic rings. The highest BCUT2D eigenvalue weighted by Crippen LogP contribution is 2.28. The summed E-state index contributed by atoms with van der Waals surface area (Å²) in [7, 11) is -3.54. The molecular weight excluding hydrogens is 383 g/mol. The number of piperazine rings is 1. The highest BCUT2D eigenvalue weighted by molar-refractivity contribution is 7.89. The molecule has 0 bridgehead atoms. The van der Waals surface area contributed by atoms with E-state index in [0.717, 1.165) is 5.56 Å². The summed E-state index contributed by atoms with van der Waals surface area (Å²) < 4.78 is 40.3. The maximum atomic E-state index is 13.3. The van der Waals surface area contributed by atoms with E-state index in [9.17, 15) is 17.6 Å². The Morgan fingerprint density at radius 2 is 1.61 bits per heavy atom. The summed E-state index contributed by atoms with van der Waals surface area (Å²) in [6, 6.07) is 14.2. The van der Waals surface area contributed by atoms with E-state index in [2.05, 4.69) is 4.90 Å². The highest BCUT2D eigenvalue weighted by atomic mass is 32.2. The van der Waals surface area contributed by atoms with Crippen LogP contribution in [-0.4, -0.2) is 54.9 Å². The first kappa shape index (κ1) is 20.4. The van der Waals surface area contributed by atoms with Crippen molar-refractivity contribution in [2.45, 2.75) is 23.8 Å². The predicted octanol–water partition coefficient (Wildman–Crippen LogP) is 2.74. The summed E-state index contributed by atoms with van der Waals surface area (Å²) in [5.74, 6) is -1.24. The minimum Gasteiger partial charge on any atom is -0.481 e. The fourth-order valence-corrected chi connectivity index (χ4v) is 4.95. The Morgan fingerprint density at radius 1 is 1.00 bits per heavy atom. The van der Waals surface area contributed by atoms with Crippen molar-refractivity contribution < 1.29 is 22.7 Å². The van der Waals surface area contributed by atoms with E-state index in [1.54, 1.807) is 42.5 Å². The third-order valence-corrected chi connectivity index (χ3v) is 6.89. The van der Waals surface area contributed by atoms with Gasteiger partial charge in [0.05, 0.1) is 4.90 Å². The van der Waals surface area contributed by atoms with Crippen molar-refractivity contribution in [2.24, 2.45) is 0 Å². The van der Waals surface area contributed by atoms with Crippen LogP contribution >= 0.6 is 0 Å². The zero-order valence-corrected chi connectivity index (χ0v) is 16.2. The van der Waals surface area contributed by atoms with Gasteiger partial charge in [0, 0.05) is 38.6 Å². The maximum absolute atomic E-state index is 13.3. The molecule has 0 radical (unpaired) electrons. The molecule has 1 fully saturated rings. The molecule has 0 amide bonds. The van der Waals surface area contributed by atoms with Gasteiger partial charge in [-0.15, -0.1) is 0 Å². The molecule has 1 N–H and O–H groups in total. The highest BCUT2D eigenvalue weighted by Gasteiger charge is 2.31. The SMILES string of the molecule is O=C(O)CC[C@@H](c1ccc(F)cc1)N1CCN(S(=O)(=O)c2ccccc2)CC1. The number of hydrogen-bond donors (Lipinski definition) is 1. The summed E-state index contributed by atoms with van der Waals surface area (Å²) >= 11 is 0. The molecule has 1 heterocycles. The number of carboxylic acids is 1. The zero-order chi connectivity index (χ0) is 20.1. The average molecular weight is 406 g/mol. The van der Waals surface area contributed by atoms with E-state index < -0.39 is 16.0 Å². The van der Waals surface area contributed by atoms with Crippen molar-refractivity contribution in [3.63, 3.8) is 0 Å². The number of halogens is 1. The first-order valence-electron chi connectivity index (χ1n) is 9.14. The van der Waals surface area contributed by atoms with Crippen LogP contribution in [0.2, 0.25) is 0 Å². The van der Waals surface area contributed by atoms with Crippen LogP contribution in [0.4, 0.5) is 4.39 Å². The minimum atomic E-state index is -3.54. The lowest BCUT2D eigenvalue weighted by Gasteiger charge is -2.39. The molecule has 1 aliphatic rings. The number of benzene rings is 2.